The fraction of sp³-hybridized carbons (Fsp3) is 0.143. The van der Waals surface area contributed by atoms with Crippen LogP contribution in [0.15, 0.2) is 54.3 Å². The van der Waals surface area contributed by atoms with Crippen LogP contribution in [0, 0.1) is 18.3 Å². The number of aliphatic hydroxyl groups is 1. The number of aromatic amines is 1. The van der Waals surface area contributed by atoms with E-state index < -0.39 is 24.2 Å². The summed E-state index contributed by atoms with van der Waals surface area (Å²) in [5.41, 5.74) is 2.57. The monoisotopic (exact) mass is 390 g/mol. The van der Waals surface area contributed by atoms with Crippen LogP contribution in [0.25, 0.3) is 16.6 Å². The molecule has 3 aromatic rings. The summed E-state index contributed by atoms with van der Waals surface area (Å²) in [6.07, 6.45) is 0. The first-order valence-corrected chi connectivity index (χ1v) is 8.75. The third kappa shape index (κ3) is 4.78. The molecular formula is C21H18N4O4. The zero-order valence-corrected chi connectivity index (χ0v) is 15.6. The van der Waals surface area contributed by atoms with Gasteiger partial charge in [0.2, 0.25) is 0 Å². The number of ether oxygens (including phenoxy) is 1. The van der Waals surface area contributed by atoms with Gasteiger partial charge in [0.15, 0.2) is 11.6 Å². The van der Waals surface area contributed by atoms with E-state index in [1.165, 1.54) is 0 Å². The van der Waals surface area contributed by atoms with Crippen molar-refractivity contribution in [3.05, 3.63) is 71.2 Å². The quantitative estimate of drug-likeness (QED) is 0.337. The number of allylic oxidation sites excluding steroid dienone is 1. The molecule has 8 nitrogen and oxygen atoms in total. The molecular weight excluding hydrogens is 372 g/mol. The second-order valence-electron chi connectivity index (χ2n) is 6.25. The van der Waals surface area contributed by atoms with Gasteiger partial charge in [-0.15, -0.1) is 0 Å². The molecule has 0 spiro atoms. The Bertz CT molecular complexity index is 1110. The summed E-state index contributed by atoms with van der Waals surface area (Å²) >= 11 is 0. The first-order chi connectivity index (χ1) is 14.0. The number of nitrogens with zero attached hydrogens (tertiary/aromatic N) is 2. The molecule has 1 heterocycles. The minimum atomic E-state index is -0.751. The van der Waals surface area contributed by atoms with Crippen LogP contribution in [-0.4, -0.2) is 40.1 Å². The van der Waals surface area contributed by atoms with E-state index in [9.17, 15) is 20.0 Å². The molecule has 3 N–H and O–H groups in total. The van der Waals surface area contributed by atoms with Crippen molar-refractivity contribution in [1.82, 2.24) is 15.3 Å². The first kappa shape index (κ1) is 19.6. The number of carbonyl (C=O) groups excluding carboxylic acids is 2. The van der Waals surface area contributed by atoms with Gasteiger partial charge in [-0.3, -0.25) is 9.59 Å². The van der Waals surface area contributed by atoms with Crippen LogP contribution in [0.2, 0.25) is 0 Å². The van der Waals surface area contributed by atoms with Crippen molar-refractivity contribution in [3.63, 3.8) is 0 Å². The fourth-order valence-electron chi connectivity index (χ4n) is 2.64. The summed E-state index contributed by atoms with van der Waals surface area (Å²) in [5, 5.41) is 21.9. The normalized spacial score (nSPS) is 11.4. The predicted octanol–water partition coefficient (Wildman–Crippen LogP) is 2.64. The van der Waals surface area contributed by atoms with Crippen molar-refractivity contribution in [2.24, 2.45) is 0 Å². The van der Waals surface area contributed by atoms with Crippen LogP contribution in [0.4, 0.5) is 0 Å². The van der Waals surface area contributed by atoms with E-state index in [4.69, 9.17) is 4.74 Å². The highest BCUT2D eigenvalue weighted by molar-refractivity contribution is 5.96. The molecule has 3 rings (SSSR count). The number of carbonyl (C=O) groups is 2. The Morgan fingerprint density at radius 2 is 2.03 bits per heavy atom. The largest absolute Gasteiger partial charge is 0.507 e. The molecule has 0 bridgehead atoms. The summed E-state index contributed by atoms with van der Waals surface area (Å²) in [6.45, 7) is 0.973. The molecule has 0 saturated carbocycles. The van der Waals surface area contributed by atoms with Gasteiger partial charge in [0.1, 0.15) is 24.8 Å². The number of esters is 1. The van der Waals surface area contributed by atoms with Crippen LogP contribution in [0.3, 0.4) is 0 Å². The smallest absolute Gasteiger partial charge is 0.325 e. The average molecular weight is 390 g/mol. The third-order valence-electron chi connectivity index (χ3n) is 4.07. The standard InChI is InChI=1S/C21H18N4O4/c1-13-5-4-6-14(9-13)21(28)23-11-19(27)29-12-18(26)15(10-22)20-24-16-7-2-3-8-17(16)25-20/h2-9,26H,11-12H2,1H3,(H,23,28)(H,24,25)/b18-15-. The molecule has 1 aromatic heterocycles. The molecule has 1 amide bonds. The van der Waals surface area contributed by atoms with Gasteiger partial charge in [0.05, 0.1) is 11.0 Å². The minimum Gasteiger partial charge on any atom is -0.507 e. The molecule has 2 aromatic carbocycles. The minimum absolute atomic E-state index is 0.127. The van der Waals surface area contributed by atoms with Gasteiger partial charge in [-0.2, -0.15) is 5.26 Å². The number of aryl methyl sites for hydroxylation is 1. The summed E-state index contributed by atoms with van der Waals surface area (Å²) < 4.78 is 4.94. The van der Waals surface area contributed by atoms with Crippen molar-refractivity contribution >= 4 is 28.5 Å². The molecule has 0 fully saturated rings. The van der Waals surface area contributed by atoms with Crippen molar-refractivity contribution in [2.75, 3.05) is 13.2 Å². The number of nitriles is 1. The predicted molar refractivity (Wildman–Crippen MR) is 106 cm³/mol. The van der Waals surface area contributed by atoms with E-state index in [2.05, 4.69) is 15.3 Å². The molecule has 0 aliphatic carbocycles. The number of hydrogen-bond donors (Lipinski definition) is 3. The average Bonchev–Trinajstić information content (AvgIpc) is 3.14. The fourth-order valence-corrected chi connectivity index (χ4v) is 2.64. The van der Waals surface area contributed by atoms with Crippen molar-refractivity contribution < 1.29 is 19.4 Å². The Kier molecular flexibility index (Phi) is 5.90. The summed E-state index contributed by atoms with van der Waals surface area (Å²) in [6, 6.07) is 15.9. The molecule has 0 unspecified atom stereocenters. The third-order valence-corrected chi connectivity index (χ3v) is 4.07. The second kappa shape index (κ2) is 8.71. The van der Waals surface area contributed by atoms with E-state index in [1.54, 1.807) is 36.4 Å². The molecule has 0 radical (unpaired) electrons. The van der Waals surface area contributed by atoms with Gasteiger partial charge in [-0.1, -0.05) is 29.8 Å². The van der Waals surface area contributed by atoms with Gasteiger partial charge < -0.3 is 20.1 Å². The van der Waals surface area contributed by atoms with Crippen LogP contribution >= 0.6 is 0 Å². The number of benzene rings is 2. The highest BCUT2D eigenvalue weighted by Gasteiger charge is 2.15. The Balaban J connectivity index is 1.59. The number of fused-ring (bicyclic) bond motifs is 1. The van der Waals surface area contributed by atoms with Gasteiger partial charge >= 0.3 is 5.97 Å². The molecule has 0 saturated heterocycles. The number of rotatable bonds is 6. The van der Waals surface area contributed by atoms with Gasteiger partial charge in [0, 0.05) is 5.56 Å². The van der Waals surface area contributed by atoms with Crippen molar-refractivity contribution in [1.29, 1.82) is 5.26 Å². The lowest BCUT2D eigenvalue weighted by Gasteiger charge is -2.07. The molecule has 29 heavy (non-hydrogen) atoms. The molecule has 0 atom stereocenters. The second-order valence-corrected chi connectivity index (χ2v) is 6.25. The number of aliphatic hydroxyl groups excluding tert-OH is 1. The van der Waals surface area contributed by atoms with Crippen molar-refractivity contribution in [2.45, 2.75) is 6.92 Å². The number of amides is 1. The summed E-state index contributed by atoms with van der Waals surface area (Å²) in [7, 11) is 0. The molecule has 146 valence electrons. The summed E-state index contributed by atoms with van der Waals surface area (Å²) in [4.78, 5) is 31.1. The van der Waals surface area contributed by atoms with Gasteiger partial charge in [0.25, 0.3) is 5.91 Å². The maximum absolute atomic E-state index is 12.0. The first-order valence-electron chi connectivity index (χ1n) is 8.75. The number of hydrogen-bond acceptors (Lipinski definition) is 6. The lowest BCUT2D eigenvalue weighted by molar-refractivity contribution is -0.142. The van der Waals surface area contributed by atoms with E-state index in [1.807, 2.05) is 25.1 Å². The maximum Gasteiger partial charge on any atom is 0.325 e. The Hall–Kier alpha value is -4.12. The summed E-state index contributed by atoms with van der Waals surface area (Å²) in [5.74, 6) is -1.43. The Morgan fingerprint density at radius 1 is 1.24 bits per heavy atom. The maximum atomic E-state index is 12.0. The zero-order chi connectivity index (χ0) is 20.8. The van der Waals surface area contributed by atoms with Crippen LogP contribution < -0.4 is 5.32 Å². The Labute approximate surface area is 166 Å². The molecule has 0 aliphatic rings. The number of H-pyrrole nitrogens is 1. The Morgan fingerprint density at radius 3 is 2.76 bits per heavy atom. The number of nitrogens with one attached hydrogen (secondary N) is 2. The number of para-hydroxylation sites is 2. The van der Waals surface area contributed by atoms with Crippen LogP contribution in [0.1, 0.15) is 21.7 Å². The van der Waals surface area contributed by atoms with E-state index >= 15 is 0 Å². The molecule has 8 heteroatoms. The van der Waals surface area contributed by atoms with Crippen LogP contribution in [-0.2, 0) is 9.53 Å². The van der Waals surface area contributed by atoms with Crippen LogP contribution in [0.5, 0.6) is 0 Å². The lowest BCUT2D eigenvalue weighted by Crippen LogP contribution is -2.31. The highest BCUT2D eigenvalue weighted by atomic mass is 16.5. The molecule has 0 aliphatic heterocycles. The topological polar surface area (TPSA) is 128 Å². The van der Waals surface area contributed by atoms with E-state index in [-0.39, 0.29) is 17.9 Å². The van der Waals surface area contributed by atoms with E-state index in [0.717, 1.165) is 5.56 Å². The van der Waals surface area contributed by atoms with Gasteiger partial charge in [-0.25, -0.2) is 4.98 Å². The SMILES string of the molecule is Cc1cccc(C(=O)NCC(=O)OC/C(O)=C(\C#N)c2nc3ccccc3[nH]2)c1. The van der Waals surface area contributed by atoms with Gasteiger partial charge in [-0.05, 0) is 31.2 Å². The lowest BCUT2D eigenvalue weighted by atomic mass is 10.1. The zero-order valence-electron chi connectivity index (χ0n) is 15.6. The number of aromatic nitrogens is 2. The number of imidazole rings is 1. The van der Waals surface area contributed by atoms with Crippen molar-refractivity contribution in [3.8, 4) is 6.07 Å². The van der Waals surface area contributed by atoms with E-state index in [0.29, 0.717) is 16.6 Å². The highest BCUT2D eigenvalue weighted by Crippen LogP contribution is 2.18.